The summed E-state index contributed by atoms with van der Waals surface area (Å²) in [5.74, 6) is -0.320. The highest BCUT2D eigenvalue weighted by Crippen LogP contribution is 2.20. The number of piperazine rings is 1. The highest BCUT2D eigenvalue weighted by molar-refractivity contribution is 5.89. The van der Waals surface area contributed by atoms with Crippen molar-refractivity contribution in [3.63, 3.8) is 0 Å². The molecule has 4 rings (SSSR count). The summed E-state index contributed by atoms with van der Waals surface area (Å²) in [5.41, 5.74) is 6.14. The molecular weight excluding hydrogens is 412 g/mol. The molecule has 0 atom stereocenters. The number of carbonyl (C=O) groups excluding carboxylic acids is 1. The van der Waals surface area contributed by atoms with Gasteiger partial charge >= 0.3 is 5.97 Å². The Balaban J connectivity index is 1.38. The number of nitrogens with zero attached hydrogens (tertiary/aromatic N) is 3. The quantitative estimate of drug-likeness (QED) is 0.549. The van der Waals surface area contributed by atoms with Gasteiger partial charge in [0.2, 0.25) is 0 Å². The number of methoxy groups -OCH3 is 1. The zero-order valence-corrected chi connectivity index (χ0v) is 19.7. The number of likely N-dealkylation sites (N-methyl/N-ethyl adjacent to an activating group) is 1. The Hall–Kier alpha value is -3.22. The van der Waals surface area contributed by atoms with E-state index in [9.17, 15) is 4.79 Å². The summed E-state index contributed by atoms with van der Waals surface area (Å²) in [6.45, 7) is 8.28. The largest absolute Gasteiger partial charge is 0.465 e. The molecule has 0 radical (unpaired) electrons. The van der Waals surface area contributed by atoms with E-state index in [1.807, 2.05) is 18.3 Å². The van der Waals surface area contributed by atoms with Gasteiger partial charge < -0.3 is 15.0 Å². The lowest BCUT2D eigenvalue weighted by Gasteiger charge is -2.32. The number of fused-ring (bicyclic) bond motifs is 1. The van der Waals surface area contributed by atoms with E-state index in [1.54, 1.807) is 12.1 Å². The molecule has 33 heavy (non-hydrogen) atoms. The van der Waals surface area contributed by atoms with Crippen LogP contribution in [0.1, 0.15) is 28.4 Å². The molecule has 172 valence electrons. The van der Waals surface area contributed by atoms with E-state index in [4.69, 9.17) is 4.74 Å². The smallest absolute Gasteiger partial charge is 0.337 e. The number of ether oxygens (including phenoxy) is 1. The zero-order chi connectivity index (χ0) is 23.2. The molecule has 1 aliphatic heterocycles. The molecule has 1 aliphatic rings. The van der Waals surface area contributed by atoms with Gasteiger partial charge in [-0.25, -0.2) is 4.79 Å². The number of hydrogen-bond donors (Lipinski definition) is 1. The van der Waals surface area contributed by atoms with Crippen LogP contribution in [0.5, 0.6) is 0 Å². The average molecular weight is 445 g/mol. The van der Waals surface area contributed by atoms with Crippen molar-refractivity contribution in [1.82, 2.24) is 14.8 Å². The van der Waals surface area contributed by atoms with Gasteiger partial charge in [0, 0.05) is 44.7 Å². The van der Waals surface area contributed by atoms with Crippen LogP contribution in [-0.2, 0) is 11.3 Å². The Morgan fingerprint density at radius 2 is 1.85 bits per heavy atom. The first-order chi connectivity index (χ1) is 16.0. The van der Waals surface area contributed by atoms with Crippen LogP contribution >= 0.6 is 0 Å². The summed E-state index contributed by atoms with van der Waals surface area (Å²) < 4.78 is 4.75. The monoisotopic (exact) mass is 444 g/mol. The lowest BCUT2D eigenvalue weighted by Crippen LogP contribution is -2.43. The van der Waals surface area contributed by atoms with Gasteiger partial charge in [0.05, 0.1) is 30.1 Å². The maximum Gasteiger partial charge on any atom is 0.337 e. The number of benzene rings is 2. The summed E-state index contributed by atoms with van der Waals surface area (Å²) in [7, 11) is 3.58. The molecule has 0 amide bonds. The third-order valence-electron chi connectivity index (χ3n) is 6.06. The Morgan fingerprint density at radius 3 is 2.58 bits per heavy atom. The number of pyridine rings is 1. The second-order valence-corrected chi connectivity index (χ2v) is 8.79. The summed E-state index contributed by atoms with van der Waals surface area (Å²) >= 11 is 0. The van der Waals surface area contributed by atoms with Crippen molar-refractivity contribution in [2.45, 2.75) is 13.5 Å². The Kier molecular flexibility index (Phi) is 7.37. The molecule has 2 heterocycles. The molecular formula is C27H32N4O2. The molecule has 1 aromatic heterocycles. The van der Waals surface area contributed by atoms with Gasteiger partial charge in [0.25, 0.3) is 0 Å². The molecule has 0 aliphatic carbocycles. The summed E-state index contributed by atoms with van der Waals surface area (Å²) in [4.78, 5) is 21.1. The third-order valence-corrected chi connectivity index (χ3v) is 6.06. The molecule has 6 nitrogen and oxygen atoms in total. The lowest BCUT2D eigenvalue weighted by atomic mass is 10.1. The predicted molar refractivity (Wildman–Crippen MR) is 134 cm³/mol. The van der Waals surface area contributed by atoms with E-state index in [1.165, 1.54) is 18.2 Å². The molecule has 1 N–H and O–H groups in total. The second kappa shape index (κ2) is 10.6. The van der Waals surface area contributed by atoms with Crippen molar-refractivity contribution in [2.75, 3.05) is 52.2 Å². The van der Waals surface area contributed by atoms with Gasteiger partial charge in [-0.3, -0.25) is 9.88 Å². The first-order valence-electron chi connectivity index (χ1n) is 11.4. The standard InChI is InChI=1S/C27H32N4O2/c1-20(14-21-4-7-23(8-5-21)27(32)33-3)17-28-25-16-24-15-22(6-9-26(24)29-18-25)19-31-12-10-30(2)11-13-31/h4-9,14-16,18,28H,10-13,17,19H2,1-3H3. The van der Waals surface area contributed by atoms with E-state index in [-0.39, 0.29) is 5.97 Å². The molecule has 0 bridgehead atoms. The topological polar surface area (TPSA) is 57.7 Å². The van der Waals surface area contributed by atoms with Crippen LogP contribution in [0.3, 0.4) is 0 Å². The molecule has 3 aromatic rings. The fraction of sp³-hybridized carbons (Fsp3) is 0.333. The van der Waals surface area contributed by atoms with Crippen LogP contribution in [0.15, 0.2) is 60.3 Å². The lowest BCUT2D eigenvalue weighted by molar-refractivity contribution is 0.0600. The summed E-state index contributed by atoms with van der Waals surface area (Å²) in [6, 6.07) is 16.2. The minimum atomic E-state index is -0.320. The van der Waals surface area contributed by atoms with Crippen molar-refractivity contribution in [3.05, 3.63) is 77.0 Å². The SMILES string of the molecule is COC(=O)c1ccc(C=C(C)CNc2cnc3ccc(CN4CCN(C)CC4)cc3c2)cc1. The number of hydrogen-bond acceptors (Lipinski definition) is 6. The maximum absolute atomic E-state index is 11.6. The van der Waals surface area contributed by atoms with E-state index in [2.05, 4.69) is 64.4 Å². The van der Waals surface area contributed by atoms with Gasteiger partial charge in [-0.1, -0.05) is 29.8 Å². The van der Waals surface area contributed by atoms with Gasteiger partial charge in [0.15, 0.2) is 0 Å². The van der Waals surface area contributed by atoms with Crippen LogP contribution < -0.4 is 5.32 Å². The fourth-order valence-electron chi connectivity index (χ4n) is 4.05. The molecule has 1 fully saturated rings. The van der Waals surface area contributed by atoms with Crippen LogP contribution in [0, 0.1) is 0 Å². The van der Waals surface area contributed by atoms with Crippen molar-refractivity contribution in [1.29, 1.82) is 0 Å². The van der Waals surface area contributed by atoms with Crippen molar-refractivity contribution >= 4 is 28.6 Å². The highest BCUT2D eigenvalue weighted by atomic mass is 16.5. The van der Waals surface area contributed by atoms with Gasteiger partial charge in [-0.05, 0) is 55.4 Å². The van der Waals surface area contributed by atoms with E-state index in [0.29, 0.717) is 12.1 Å². The zero-order valence-electron chi connectivity index (χ0n) is 19.7. The van der Waals surface area contributed by atoms with Gasteiger partial charge in [-0.2, -0.15) is 0 Å². The van der Waals surface area contributed by atoms with Crippen LogP contribution in [0.4, 0.5) is 5.69 Å². The third kappa shape index (κ3) is 6.18. The predicted octanol–water partition coefficient (Wildman–Crippen LogP) is 4.28. The second-order valence-electron chi connectivity index (χ2n) is 8.79. The fourth-order valence-corrected chi connectivity index (χ4v) is 4.05. The van der Waals surface area contributed by atoms with Crippen LogP contribution in [0.25, 0.3) is 17.0 Å². The molecule has 0 unspecified atom stereocenters. The number of carbonyl (C=O) groups is 1. The van der Waals surface area contributed by atoms with Crippen LogP contribution in [0.2, 0.25) is 0 Å². The van der Waals surface area contributed by atoms with Crippen molar-refractivity contribution < 1.29 is 9.53 Å². The minimum Gasteiger partial charge on any atom is -0.465 e. The Bertz CT molecular complexity index is 1130. The first-order valence-corrected chi connectivity index (χ1v) is 11.4. The van der Waals surface area contributed by atoms with Crippen LogP contribution in [-0.4, -0.2) is 67.6 Å². The molecule has 2 aromatic carbocycles. The molecule has 0 spiro atoms. The van der Waals surface area contributed by atoms with Crippen molar-refractivity contribution in [2.24, 2.45) is 0 Å². The Labute approximate surface area is 195 Å². The number of nitrogens with one attached hydrogen (secondary N) is 1. The number of esters is 1. The van der Waals surface area contributed by atoms with E-state index in [0.717, 1.165) is 54.9 Å². The first kappa shape index (κ1) is 23.0. The van der Waals surface area contributed by atoms with Gasteiger partial charge in [0.1, 0.15) is 0 Å². The van der Waals surface area contributed by atoms with Gasteiger partial charge in [-0.15, -0.1) is 0 Å². The number of anilines is 1. The molecule has 1 saturated heterocycles. The minimum absolute atomic E-state index is 0.320. The molecule has 6 heteroatoms. The Morgan fingerprint density at radius 1 is 1.09 bits per heavy atom. The van der Waals surface area contributed by atoms with E-state index >= 15 is 0 Å². The molecule has 0 saturated carbocycles. The van der Waals surface area contributed by atoms with E-state index < -0.39 is 0 Å². The summed E-state index contributed by atoms with van der Waals surface area (Å²) in [5, 5.41) is 4.64. The number of rotatable bonds is 7. The maximum atomic E-state index is 11.6. The average Bonchev–Trinajstić information content (AvgIpc) is 2.84. The summed E-state index contributed by atoms with van der Waals surface area (Å²) in [6.07, 6.45) is 4.00. The van der Waals surface area contributed by atoms with Crippen molar-refractivity contribution in [3.8, 4) is 0 Å². The normalized spacial score (nSPS) is 15.5. The highest BCUT2D eigenvalue weighted by Gasteiger charge is 2.14. The number of aromatic nitrogens is 1.